The fourth-order valence-electron chi connectivity index (χ4n) is 0.387. The second kappa shape index (κ2) is 7.52. The highest BCUT2D eigenvalue weighted by atomic mass is 32.1. The van der Waals surface area contributed by atoms with Crippen LogP contribution in [-0.4, -0.2) is 58.6 Å². The zero-order valence-electron chi connectivity index (χ0n) is 9.07. The van der Waals surface area contributed by atoms with Crippen LogP contribution in [0.3, 0.4) is 0 Å². The van der Waals surface area contributed by atoms with Gasteiger partial charge in [-0.1, -0.05) is 0 Å². The molecular formula is C6H19NO6P2. The van der Waals surface area contributed by atoms with Gasteiger partial charge in [0, 0.05) is 13.3 Å². The molecule has 0 fully saturated rings. The van der Waals surface area contributed by atoms with Gasteiger partial charge < -0.3 is 24.7 Å². The zero-order chi connectivity index (χ0) is 12.7. The van der Waals surface area contributed by atoms with Crippen LogP contribution in [0.2, 0.25) is 0 Å². The molecule has 94 valence electrons. The smallest absolute Gasteiger partial charge is 0.396 e. The van der Waals surface area contributed by atoms with Crippen molar-refractivity contribution < 1.29 is 28.9 Å². The first-order valence-electron chi connectivity index (χ1n) is 4.14. The first-order chi connectivity index (χ1) is 6.52. The van der Waals surface area contributed by atoms with Crippen molar-refractivity contribution in [3.63, 3.8) is 0 Å². The van der Waals surface area contributed by atoms with Gasteiger partial charge in [-0.15, -0.1) is 0 Å². The molecule has 0 saturated carbocycles. The molecule has 0 saturated heterocycles. The molecule has 7 nitrogen and oxygen atoms in total. The summed E-state index contributed by atoms with van der Waals surface area (Å²) in [6.07, 6.45) is 0.882. The highest BCUT2D eigenvalue weighted by Crippen LogP contribution is 2.71. The number of nitrogens with zero attached hydrogens (tertiary/aromatic N) is 1. The summed E-state index contributed by atoms with van der Waals surface area (Å²) in [5.74, 6) is 0. The van der Waals surface area contributed by atoms with Crippen LogP contribution < -0.4 is 0 Å². The van der Waals surface area contributed by atoms with Gasteiger partial charge in [0.25, 0.3) is 0 Å². The molecule has 1 atom stereocenters. The molecule has 0 aliphatic carbocycles. The van der Waals surface area contributed by atoms with Crippen LogP contribution in [0.15, 0.2) is 0 Å². The number of aliphatic hydroxyl groups is 1. The zero-order valence-corrected chi connectivity index (χ0v) is 10.9. The summed E-state index contributed by atoms with van der Waals surface area (Å²) in [6.45, 7) is 1.91. The molecule has 0 amide bonds. The predicted molar refractivity (Wildman–Crippen MR) is 58.1 cm³/mol. The molecular weight excluding hydrogens is 244 g/mol. The molecule has 0 aliphatic heterocycles. The van der Waals surface area contributed by atoms with Crippen molar-refractivity contribution in [2.75, 3.05) is 33.9 Å². The summed E-state index contributed by atoms with van der Waals surface area (Å²) in [5.41, 5.74) is 0. The monoisotopic (exact) mass is 263 g/mol. The highest BCUT2D eigenvalue weighted by Gasteiger charge is 2.33. The van der Waals surface area contributed by atoms with Crippen LogP contribution in [-0.2, 0) is 9.13 Å². The maximum atomic E-state index is 10.0. The maximum Gasteiger partial charge on any atom is 0.407 e. The predicted octanol–water partition coefficient (Wildman–Crippen LogP) is -0.0903. The third-order valence-electron chi connectivity index (χ3n) is 1.25. The number of aliphatic hydroxyl groups excluding tert-OH is 1. The van der Waals surface area contributed by atoms with Crippen molar-refractivity contribution in [1.29, 1.82) is 0 Å². The molecule has 0 bridgehead atoms. The van der Waals surface area contributed by atoms with E-state index in [9.17, 15) is 9.13 Å². The van der Waals surface area contributed by atoms with E-state index in [0.29, 0.717) is 13.3 Å². The quantitative estimate of drug-likeness (QED) is 0.523. The molecule has 0 spiro atoms. The molecule has 0 heterocycles. The van der Waals surface area contributed by atoms with Crippen LogP contribution >= 0.6 is 14.3 Å². The van der Waals surface area contributed by atoms with E-state index in [0.717, 1.165) is 13.0 Å². The van der Waals surface area contributed by atoms with E-state index in [1.165, 1.54) is 0 Å². The summed E-state index contributed by atoms with van der Waals surface area (Å²) >= 11 is 0. The van der Waals surface area contributed by atoms with E-state index in [1.807, 2.05) is 14.1 Å². The van der Waals surface area contributed by atoms with Gasteiger partial charge in [0.1, 0.15) is 0 Å². The topological polar surface area (TPSA) is 118 Å². The van der Waals surface area contributed by atoms with Gasteiger partial charge in [-0.2, -0.15) is 0 Å². The van der Waals surface area contributed by atoms with Gasteiger partial charge in [0.2, 0.25) is 0 Å². The molecule has 0 aromatic rings. The normalized spacial score (nSPS) is 15.5. The molecule has 0 radical (unpaired) electrons. The first-order valence-corrected chi connectivity index (χ1v) is 8.56. The first kappa shape index (κ1) is 17.6. The Kier molecular flexibility index (Phi) is 8.85. The van der Waals surface area contributed by atoms with Crippen LogP contribution in [0.25, 0.3) is 0 Å². The minimum absolute atomic E-state index is 0.304. The molecule has 1 unspecified atom stereocenters. The summed E-state index contributed by atoms with van der Waals surface area (Å²) in [4.78, 5) is 26.1. The lowest BCUT2D eigenvalue weighted by molar-refractivity contribution is 0.263. The van der Waals surface area contributed by atoms with Gasteiger partial charge in [-0.25, -0.2) is 4.57 Å². The molecule has 4 N–H and O–H groups in total. The Morgan fingerprint density at radius 1 is 1.13 bits per heavy atom. The third kappa shape index (κ3) is 12.2. The van der Waals surface area contributed by atoms with Crippen LogP contribution in [0.5, 0.6) is 0 Å². The standard InChI is InChI=1S/C5H13NO.CH6O5P2/c1-6(2)4-3-5-7;1-7(2,3)8(4,5)6/h7H,3-5H2,1-2H3;1H3,(H,2,3)(H2,4,5,6). The second-order valence-electron chi connectivity index (χ2n) is 3.23. The maximum absolute atomic E-state index is 10.0. The lowest BCUT2D eigenvalue weighted by Crippen LogP contribution is -2.13. The Labute approximate surface area is 89.2 Å². The van der Waals surface area contributed by atoms with Crippen molar-refractivity contribution >= 4 is 14.3 Å². The van der Waals surface area contributed by atoms with Gasteiger partial charge in [-0.3, -0.25) is 4.57 Å². The molecule has 0 rings (SSSR count). The van der Waals surface area contributed by atoms with Crippen LogP contribution in [0.1, 0.15) is 6.42 Å². The van der Waals surface area contributed by atoms with E-state index in [4.69, 9.17) is 19.8 Å². The van der Waals surface area contributed by atoms with Crippen molar-refractivity contribution in [2.45, 2.75) is 6.42 Å². The van der Waals surface area contributed by atoms with Gasteiger partial charge >= 0.3 is 14.3 Å². The average molecular weight is 263 g/mol. The Balaban J connectivity index is 0. The molecule has 0 aromatic carbocycles. The molecule has 9 heteroatoms. The summed E-state index contributed by atoms with van der Waals surface area (Å²) in [7, 11) is -4.93. The van der Waals surface area contributed by atoms with E-state index >= 15 is 0 Å². The Hall–Kier alpha value is 0.260. The number of hydrogen-bond donors (Lipinski definition) is 4. The van der Waals surface area contributed by atoms with Crippen molar-refractivity contribution in [3.8, 4) is 0 Å². The third-order valence-corrected chi connectivity index (χ3v) is 5.11. The minimum atomic E-state index is -4.74. The van der Waals surface area contributed by atoms with Gasteiger partial charge in [0.05, 0.1) is 0 Å². The SMILES string of the molecule is CN(C)CCCO.CP(=O)(O)P(=O)(O)O. The van der Waals surface area contributed by atoms with E-state index in [-0.39, 0.29) is 0 Å². The molecule has 0 aliphatic rings. The van der Waals surface area contributed by atoms with Crippen molar-refractivity contribution in [2.24, 2.45) is 0 Å². The average Bonchev–Trinajstić information content (AvgIpc) is 1.98. The van der Waals surface area contributed by atoms with Crippen molar-refractivity contribution in [1.82, 2.24) is 4.90 Å². The summed E-state index contributed by atoms with van der Waals surface area (Å²) < 4.78 is 19.9. The lowest BCUT2D eigenvalue weighted by Gasteiger charge is -2.05. The van der Waals surface area contributed by atoms with E-state index in [2.05, 4.69) is 4.90 Å². The second-order valence-corrected chi connectivity index (χ2v) is 9.72. The Bertz CT molecular complexity index is 224. The summed E-state index contributed by atoms with van der Waals surface area (Å²) in [6, 6.07) is 0. The number of rotatable bonds is 4. The Morgan fingerprint density at radius 3 is 1.53 bits per heavy atom. The van der Waals surface area contributed by atoms with Crippen molar-refractivity contribution in [3.05, 3.63) is 0 Å². The Morgan fingerprint density at radius 2 is 1.47 bits per heavy atom. The van der Waals surface area contributed by atoms with Gasteiger partial charge in [-0.05, 0) is 27.1 Å². The lowest BCUT2D eigenvalue weighted by atomic mass is 10.4. The summed E-state index contributed by atoms with van der Waals surface area (Å²) in [5, 5.41) is 8.29. The molecule has 15 heavy (non-hydrogen) atoms. The number of hydrogen-bond acceptors (Lipinski definition) is 4. The fraction of sp³-hybridized carbons (Fsp3) is 1.00. The van der Waals surface area contributed by atoms with Crippen LogP contribution in [0.4, 0.5) is 0 Å². The molecule has 0 aromatic heterocycles. The van der Waals surface area contributed by atoms with Crippen LogP contribution in [0, 0.1) is 0 Å². The highest BCUT2D eigenvalue weighted by molar-refractivity contribution is 8.28. The van der Waals surface area contributed by atoms with Gasteiger partial charge in [0.15, 0.2) is 0 Å². The van der Waals surface area contributed by atoms with E-state index in [1.54, 1.807) is 0 Å². The largest absolute Gasteiger partial charge is 0.407 e. The minimum Gasteiger partial charge on any atom is -0.396 e. The fourth-order valence-corrected chi connectivity index (χ4v) is 0.387. The van der Waals surface area contributed by atoms with E-state index < -0.39 is 14.3 Å².